The SMILES string of the molecule is Cc1ccc(C(C)C)cc1NC(=O)C(N)CC(=O)O. The Hall–Kier alpha value is -1.88. The summed E-state index contributed by atoms with van der Waals surface area (Å²) < 4.78 is 0. The van der Waals surface area contributed by atoms with Gasteiger partial charge in [0.05, 0.1) is 12.5 Å². The molecule has 4 N–H and O–H groups in total. The molecule has 1 aromatic rings. The maximum atomic E-state index is 11.8. The van der Waals surface area contributed by atoms with Gasteiger partial charge in [0.2, 0.25) is 5.91 Å². The van der Waals surface area contributed by atoms with Gasteiger partial charge in [0.25, 0.3) is 0 Å². The first kappa shape index (κ1) is 15.2. The highest BCUT2D eigenvalue weighted by molar-refractivity contribution is 5.97. The molecule has 5 heteroatoms. The molecule has 0 saturated carbocycles. The average Bonchev–Trinajstić information content (AvgIpc) is 2.30. The van der Waals surface area contributed by atoms with Crippen molar-refractivity contribution in [3.05, 3.63) is 29.3 Å². The second-order valence-electron chi connectivity index (χ2n) is 4.92. The third-order valence-electron chi connectivity index (χ3n) is 2.92. The number of carbonyl (C=O) groups is 2. The Morgan fingerprint density at radius 2 is 2.00 bits per heavy atom. The fourth-order valence-corrected chi connectivity index (χ4v) is 1.64. The molecule has 1 atom stereocenters. The molecule has 0 saturated heterocycles. The predicted molar refractivity (Wildman–Crippen MR) is 74.1 cm³/mol. The Labute approximate surface area is 112 Å². The zero-order valence-electron chi connectivity index (χ0n) is 11.4. The van der Waals surface area contributed by atoms with Crippen molar-refractivity contribution >= 4 is 17.6 Å². The van der Waals surface area contributed by atoms with Crippen LogP contribution >= 0.6 is 0 Å². The van der Waals surface area contributed by atoms with Gasteiger partial charge >= 0.3 is 5.97 Å². The highest BCUT2D eigenvalue weighted by Gasteiger charge is 2.17. The molecule has 0 aliphatic carbocycles. The zero-order chi connectivity index (χ0) is 14.6. The summed E-state index contributed by atoms with van der Waals surface area (Å²) in [5.41, 5.74) is 8.22. The number of benzene rings is 1. The summed E-state index contributed by atoms with van der Waals surface area (Å²) in [7, 11) is 0. The molecule has 0 radical (unpaired) electrons. The van der Waals surface area contributed by atoms with Crippen molar-refractivity contribution in [2.24, 2.45) is 5.73 Å². The van der Waals surface area contributed by atoms with E-state index in [9.17, 15) is 9.59 Å². The molecule has 0 fully saturated rings. The summed E-state index contributed by atoms with van der Waals surface area (Å²) in [6, 6.07) is 4.78. The Morgan fingerprint density at radius 1 is 1.37 bits per heavy atom. The summed E-state index contributed by atoms with van der Waals surface area (Å²) in [6.45, 7) is 6.00. The van der Waals surface area contributed by atoms with E-state index in [0.29, 0.717) is 11.6 Å². The van der Waals surface area contributed by atoms with E-state index < -0.39 is 17.9 Å². The third kappa shape index (κ3) is 4.37. The summed E-state index contributed by atoms with van der Waals surface area (Å²) >= 11 is 0. The minimum Gasteiger partial charge on any atom is -0.481 e. The van der Waals surface area contributed by atoms with Gasteiger partial charge in [0, 0.05) is 5.69 Å². The minimum absolute atomic E-state index is 0.351. The normalized spacial score (nSPS) is 12.3. The van der Waals surface area contributed by atoms with Crippen LogP contribution in [0.2, 0.25) is 0 Å². The van der Waals surface area contributed by atoms with E-state index in [-0.39, 0.29) is 6.42 Å². The lowest BCUT2D eigenvalue weighted by atomic mass is 10.0. The summed E-state index contributed by atoms with van der Waals surface area (Å²) in [5, 5.41) is 11.3. The van der Waals surface area contributed by atoms with Crippen molar-refractivity contribution in [1.82, 2.24) is 0 Å². The number of hydrogen-bond donors (Lipinski definition) is 3. The van der Waals surface area contributed by atoms with E-state index in [1.807, 2.05) is 25.1 Å². The van der Waals surface area contributed by atoms with E-state index in [1.54, 1.807) is 0 Å². The van der Waals surface area contributed by atoms with Crippen molar-refractivity contribution in [3.63, 3.8) is 0 Å². The fourth-order valence-electron chi connectivity index (χ4n) is 1.64. The van der Waals surface area contributed by atoms with Crippen LogP contribution in [0.15, 0.2) is 18.2 Å². The van der Waals surface area contributed by atoms with Crippen LogP contribution in [0.3, 0.4) is 0 Å². The van der Waals surface area contributed by atoms with E-state index in [2.05, 4.69) is 19.2 Å². The number of carboxylic acids is 1. The number of rotatable bonds is 5. The molecular formula is C14H20N2O3. The van der Waals surface area contributed by atoms with Crippen LogP contribution in [0.5, 0.6) is 0 Å². The molecular weight excluding hydrogens is 244 g/mol. The van der Waals surface area contributed by atoms with Crippen molar-refractivity contribution in [3.8, 4) is 0 Å². The number of hydrogen-bond acceptors (Lipinski definition) is 3. The molecule has 0 bridgehead atoms. The second-order valence-corrected chi connectivity index (χ2v) is 4.92. The van der Waals surface area contributed by atoms with Crippen LogP contribution < -0.4 is 11.1 Å². The number of amides is 1. The first-order valence-corrected chi connectivity index (χ1v) is 6.20. The van der Waals surface area contributed by atoms with E-state index in [1.165, 1.54) is 0 Å². The summed E-state index contributed by atoms with van der Waals surface area (Å²) in [5.74, 6) is -1.22. The molecule has 1 aromatic carbocycles. The highest BCUT2D eigenvalue weighted by Crippen LogP contribution is 2.22. The van der Waals surface area contributed by atoms with Gasteiger partial charge in [-0.1, -0.05) is 26.0 Å². The smallest absolute Gasteiger partial charge is 0.305 e. The molecule has 19 heavy (non-hydrogen) atoms. The lowest BCUT2D eigenvalue weighted by molar-refractivity contribution is -0.138. The van der Waals surface area contributed by atoms with Crippen molar-refractivity contribution in [2.75, 3.05) is 5.32 Å². The van der Waals surface area contributed by atoms with Gasteiger partial charge in [0.1, 0.15) is 0 Å². The summed E-state index contributed by atoms with van der Waals surface area (Å²) in [4.78, 5) is 22.3. The highest BCUT2D eigenvalue weighted by atomic mass is 16.4. The van der Waals surface area contributed by atoms with Crippen LogP contribution in [0.4, 0.5) is 5.69 Å². The number of carboxylic acid groups (broad SMARTS) is 1. The van der Waals surface area contributed by atoms with Gasteiger partial charge in [-0.2, -0.15) is 0 Å². The lowest BCUT2D eigenvalue weighted by Crippen LogP contribution is -2.37. The number of aryl methyl sites for hydroxylation is 1. The Bertz CT molecular complexity index is 484. The number of nitrogens with two attached hydrogens (primary N) is 1. The zero-order valence-corrected chi connectivity index (χ0v) is 11.4. The molecule has 5 nitrogen and oxygen atoms in total. The van der Waals surface area contributed by atoms with Crippen LogP contribution in [-0.2, 0) is 9.59 Å². The van der Waals surface area contributed by atoms with Crippen LogP contribution in [-0.4, -0.2) is 23.0 Å². The number of nitrogens with one attached hydrogen (secondary N) is 1. The van der Waals surface area contributed by atoms with Crippen LogP contribution in [0.1, 0.15) is 37.3 Å². The first-order valence-electron chi connectivity index (χ1n) is 6.20. The molecule has 1 unspecified atom stereocenters. The maximum Gasteiger partial charge on any atom is 0.305 e. The van der Waals surface area contributed by atoms with Gasteiger partial charge in [-0.25, -0.2) is 0 Å². The topological polar surface area (TPSA) is 92.4 Å². The van der Waals surface area contributed by atoms with Crippen LogP contribution in [0.25, 0.3) is 0 Å². The van der Waals surface area contributed by atoms with E-state index in [0.717, 1.165) is 11.1 Å². The van der Waals surface area contributed by atoms with Gasteiger partial charge < -0.3 is 16.2 Å². The van der Waals surface area contributed by atoms with Gasteiger partial charge in [-0.05, 0) is 30.0 Å². The minimum atomic E-state index is -1.09. The molecule has 0 aliphatic heterocycles. The Balaban J connectivity index is 2.84. The monoisotopic (exact) mass is 264 g/mol. The molecule has 0 aliphatic rings. The molecule has 0 spiro atoms. The maximum absolute atomic E-state index is 11.8. The van der Waals surface area contributed by atoms with Gasteiger partial charge in [-0.3, -0.25) is 9.59 Å². The third-order valence-corrected chi connectivity index (χ3v) is 2.92. The van der Waals surface area contributed by atoms with Crippen molar-refractivity contribution in [2.45, 2.75) is 39.2 Å². The van der Waals surface area contributed by atoms with Gasteiger partial charge in [0.15, 0.2) is 0 Å². The van der Waals surface area contributed by atoms with Crippen molar-refractivity contribution < 1.29 is 14.7 Å². The Kier molecular flexibility index (Phi) is 5.06. The lowest BCUT2D eigenvalue weighted by Gasteiger charge is -2.14. The number of anilines is 1. The predicted octanol–water partition coefficient (Wildman–Crippen LogP) is 1.86. The quantitative estimate of drug-likeness (QED) is 0.756. The molecule has 104 valence electrons. The number of aliphatic carboxylic acids is 1. The second kappa shape index (κ2) is 6.33. The van der Waals surface area contributed by atoms with Crippen LogP contribution in [0, 0.1) is 6.92 Å². The average molecular weight is 264 g/mol. The molecule has 1 amide bonds. The van der Waals surface area contributed by atoms with E-state index >= 15 is 0 Å². The first-order chi connectivity index (χ1) is 8.81. The Morgan fingerprint density at radius 3 is 2.53 bits per heavy atom. The number of carbonyl (C=O) groups excluding carboxylic acids is 1. The molecule has 0 aromatic heterocycles. The largest absolute Gasteiger partial charge is 0.481 e. The fraction of sp³-hybridized carbons (Fsp3) is 0.429. The van der Waals surface area contributed by atoms with Gasteiger partial charge in [-0.15, -0.1) is 0 Å². The molecule has 1 rings (SSSR count). The van der Waals surface area contributed by atoms with E-state index in [4.69, 9.17) is 10.8 Å². The van der Waals surface area contributed by atoms with Crippen molar-refractivity contribution in [1.29, 1.82) is 0 Å². The summed E-state index contributed by atoms with van der Waals surface area (Å²) in [6.07, 6.45) is -0.380. The standard InChI is InChI=1S/C14H20N2O3/c1-8(2)10-5-4-9(3)12(6-10)16-14(19)11(15)7-13(17)18/h4-6,8,11H,7,15H2,1-3H3,(H,16,19)(H,17,18). The molecule has 0 heterocycles.